The van der Waals surface area contributed by atoms with Crippen molar-refractivity contribution in [2.24, 2.45) is 0 Å². The third-order valence-corrected chi connectivity index (χ3v) is 4.22. The highest BCUT2D eigenvalue weighted by molar-refractivity contribution is 5.92. The van der Waals surface area contributed by atoms with Gasteiger partial charge >= 0.3 is 0 Å². The normalized spacial score (nSPS) is 10.4. The molecule has 3 rings (SSSR count). The molecule has 6 nitrogen and oxygen atoms in total. The Morgan fingerprint density at radius 1 is 1.04 bits per heavy atom. The Balaban J connectivity index is 1.58. The molecule has 3 aromatic rings. The third kappa shape index (κ3) is 5.30. The van der Waals surface area contributed by atoms with E-state index in [-0.39, 0.29) is 5.91 Å². The zero-order valence-electron chi connectivity index (χ0n) is 16.3. The van der Waals surface area contributed by atoms with Crippen molar-refractivity contribution < 1.29 is 9.53 Å². The second-order valence-corrected chi connectivity index (χ2v) is 6.62. The number of amides is 1. The minimum atomic E-state index is -0.223. The molecule has 0 unspecified atom stereocenters. The molecule has 0 saturated carbocycles. The Labute approximate surface area is 165 Å². The summed E-state index contributed by atoms with van der Waals surface area (Å²) in [5, 5.41) is 6.06. The van der Waals surface area contributed by atoms with Gasteiger partial charge in [0.15, 0.2) is 0 Å². The zero-order chi connectivity index (χ0) is 19.9. The lowest BCUT2D eigenvalue weighted by Crippen LogP contribution is -2.26. The van der Waals surface area contributed by atoms with Crippen LogP contribution in [0.1, 0.15) is 27.2 Å². The van der Waals surface area contributed by atoms with Crippen molar-refractivity contribution in [1.82, 2.24) is 15.3 Å². The second kappa shape index (κ2) is 8.99. The van der Waals surface area contributed by atoms with Gasteiger partial charge in [0.25, 0.3) is 5.91 Å². The van der Waals surface area contributed by atoms with Gasteiger partial charge in [0, 0.05) is 18.4 Å². The number of aryl methyl sites for hydroxylation is 2. The van der Waals surface area contributed by atoms with Crippen LogP contribution in [0.25, 0.3) is 0 Å². The van der Waals surface area contributed by atoms with Crippen molar-refractivity contribution in [2.45, 2.75) is 20.3 Å². The summed E-state index contributed by atoms with van der Waals surface area (Å²) in [5.41, 5.74) is 4.65. The van der Waals surface area contributed by atoms with Crippen molar-refractivity contribution in [2.75, 3.05) is 19.0 Å². The molecule has 0 radical (unpaired) electrons. The summed E-state index contributed by atoms with van der Waals surface area (Å²) in [7, 11) is 1.64. The van der Waals surface area contributed by atoms with Gasteiger partial charge in [-0.1, -0.05) is 18.2 Å². The number of nitrogens with one attached hydrogen (secondary N) is 2. The van der Waals surface area contributed by atoms with E-state index in [4.69, 9.17) is 4.74 Å². The van der Waals surface area contributed by atoms with Crippen molar-refractivity contribution in [1.29, 1.82) is 0 Å². The summed E-state index contributed by atoms with van der Waals surface area (Å²) in [4.78, 5) is 20.9. The average Bonchev–Trinajstić information content (AvgIpc) is 2.68. The van der Waals surface area contributed by atoms with E-state index in [9.17, 15) is 4.79 Å². The fourth-order valence-corrected chi connectivity index (χ4v) is 2.92. The molecule has 2 aromatic carbocycles. The van der Waals surface area contributed by atoms with Gasteiger partial charge < -0.3 is 15.4 Å². The first-order chi connectivity index (χ1) is 13.5. The molecule has 6 heteroatoms. The van der Waals surface area contributed by atoms with Crippen LogP contribution in [-0.2, 0) is 6.42 Å². The molecular formula is C22H24N4O2. The molecule has 28 heavy (non-hydrogen) atoms. The number of carbonyl (C=O) groups excluding carboxylic acids is 1. The molecule has 1 aromatic heterocycles. The SMILES string of the molecule is COc1ccc(CCNC(=O)c2ccnc(Nc3cc(C)cc(C)c3)n2)cc1. The first-order valence-corrected chi connectivity index (χ1v) is 9.13. The smallest absolute Gasteiger partial charge is 0.270 e. The van der Waals surface area contributed by atoms with Crippen molar-refractivity contribution in [3.63, 3.8) is 0 Å². The first kappa shape index (κ1) is 19.4. The molecule has 0 fully saturated rings. The van der Waals surface area contributed by atoms with Gasteiger partial charge in [-0.3, -0.25) is 4.79 Å². The summed E-state index contributed by atoms with van der Waals surface area (Å²) in [5.74, 6) is 0.991. The van der Waals surface area contributed by atoms with Crippen LogP contribution >= 0.6 is 0 Å². The van der Waals surface area contributed by atoms with Crippen LogP contribution in [0.4, 0.5) is 11.6 Å². The van der Waals surface area contributed by atoms with Crippen LogP contribution in [0, 0.1) is 13.8 Å². The number of carbonyl (C=O) groups is 1. The number of nitrogens with zero attached hydrogens (tertiary/aromatic N) is 2. The van der Waals surface area contributed by atoms with Gasteiger partial charge in [0.05, 0.1) is 7.11 Å². The number of methoxy groups -OCH3 is 1. The molecule has 0 atom stereocenters. The highest BCUT2D eigenvalue weighted by Crippen LogP contribution is 2.17. The van der Waals surface area contributed by atoms with E-state index in [1.54, 1.807) is 19.4 Å². The third-order valence-electron chi connectivity index (χ3n) is 4.22. The topological polar surface area (TPSA) is 76.1 Å². The van der Waals surface area contributed by atoms with Gasteiger partial charge in [-0.2, -0.15) is 0 Å². The molecule has 0 saturated heterocycles. The molecule has 0 spiro atoms. The van der Waals surface area contributed by atoms with E-state index in [0.717, 1.165) is 34.5 Å². The molecule has 2 N–H and O–H groups in total. The van der Waals surface area contributed by atoms with E-state index in [1.807, 2.05) is 50.2 Å². The fourth-order valence-electron chi connectivity index (χ4n) is 2.92. The monoisotopic (exact) mass is 376 g/mol. The van der Waals surface area contributed by atoms with Crippen LogP contribution in [0.15, 0.2) is 54.7 Å². The maximum Gasteiger partial charge on any atom is 0.270 e. The minimum Gasteiger partial charge on any atom is -0.497 e. The maximum absolute atomic E-state index is 12.4. The quantitative estimate of drug-likeness (QED) is 0.656. The van der Waals surface area contributed by atoms with Crippen LogP contribution in [0.2, 0.25) is 0 Å². The number of anilines is 2. The van der Waals surface area contributed by atoms with Crippen LogP contribution in [-0.4, -0.2) is 29.5 Å². The summed E-state index contributed by atoms with van der Waals surface area (Å²) in [6.07, 6.45) is 2.31. The lowest BCUT2D eigenvalue weighted by atomic mass is 10.1. The molecule has 0 bridgehead atoms. The predicted octanol–water partition coefficient (Wildman–Crippen LogP) is 3.82. The Kier molecular flexibility index (Phi) is 6.22. The fraction of sp³-hybridized carbons (Fsp3) is 0.227. The minimum absolute atomic E-state index is 0.223. The van der Waals surface area contributed by atoms with Crippen molar-refractivity contribution in [3.05, 3.63) is 77.1 Å². The Morgan fingerprint density at radius 2 is 1.75 bits per heavy atom. The first-order valence-electron chi connectivity index (χ1n) is 9.13. The zero-order valence-corrected chi connectivity index (χ0v) is 16.3. The Hall–Kier alpha value is -3.41. The number of hydrogen-bond donors (Lipinski definition) is 2. The average molecular weight is 376 g/mol. The number of aromatic nitrogens is 2. The highest BCUT2D eigenvalue weighted by Gasteiger charge is 2.09. The summed E-state index contributed by atoms with van der Waals surface area (Å²) in [6, 6.07) is 15.5. The molecular weight excluding hydrogens is 352 g/mol. The van der Waals surface area contributed by atoms with E-state index in [1.165, 1.54) is 0 Å². The molecule has 144 valence electrons. The van der Waals surface area contributed by atoms with Gasteiger partial charge in [-0.25, -0.2) is 9.97 Å². The number of ether oxygens (including phenoxy) is 1. The maximum atomic E-state index is 12.4. The van der Waals surface area contributed by atoms with E-state index < -0.39 is 0 Å². The highest BCUT2D eigenvalue weighted by atomic mass is 16.5. The Bertz CT molecular complexity index is 935. The molecule has 1 heterocycles. The second-order valence-electron chi connectivity index (χ2n) is 6.62. The molecule has 0 aliphatic heterocycles. The lowest BCUT2D eigenvalue weighted by molar-refractivity contribution is 0.0949. The standard InChI is InChI=1S/C22H24N4O2/c1-15-12-16(2)14-18(13-15)25-22-24-11-9-20(26-22)21(27)23-10-8-17-4-6-19(28-3)7-5-17/h4-7,9,11-14H,8,10H2,1-3H3,(H,23,27)(H,24,25,26). The van der Waals surface area contributed by atoms with Crippen LogP contribution in [0.5, 0.6) is 5.75 Å². The van der Waals surface area contributed by atoms with Crippen molar-refractivity contribution >= 4 is 17.5 Å². The molecule has 1 amide bonds. The predicted molar refractivity (Wildman–Crippen MR) is 110 cm³/mol. The number of hydrogen-bond acceptors (Lipinski definition) is 5. The summed E-state index contributed by atoms with van der Waals surface area (Å²) < 4.78 is 5.15. The number of rotatable bonds is 7. The number of benzene rings is 2. The van der Waals surface area contributed by atoms with Crippen molar-refractivity contribution in [3.8, 4) is 5.75 Å². The van der Waals surface area contributed by atoms with Gasteiger partial charge in [0.2, 0.25) is 5.95 Å². The summed E-state index contributed by atoms with van der Waals surface area (Å²) >= 11 is 0. The van der Waals surface area contributed by atoms with Gasteiger partial charge in [-0.15, -0.1) is 0 Å². The largest absolute Gasteiger partial charge is 0.497 e. The van der Waals surface area contributed by atoms with Crippen LogP contribution < -0.4 is 15.4 Å². The Morgan fingerprint density at radius 3 is 2.43 bits per heavy atom. The van der Waals surface area contributed by atoms with Gasteiger partial charge in [0.1, 0.15) is 11.4 Å². The summed E-state index contributed by atoms with van der Waals surface area (Å²) in [6.45, 7) is 4.59. The van der Waals surface area contributed by atoms with E-state index in [2.05, 4.69) is 26.7 Å². The van der Waals surface area contributed by atoms with E-state index in [0.29, 0.717) is 18.2 Å². The molecule has 0 aliphatic carbocycles. The lowest BCUT2D eigenvalue weighted by Gasteiger charge is -2.09. The molecule has 0 aliphatic rings. The van der Waals surface area contributed by atoms with E-state index >= 15 is 0 Å². The van der Waals surface area contributed by atoms with Gasteiger partial charge in [-0.05, 0) is 67.3 Å². The van der Waals surface area contributed by atoms with Crippen LogP contribution in [0.3, 0.4) is 0 Å².